The van der Waals surface area contributed by atoms with E-state index in [9.17, 15) is 0 Å². The third kappa shape index (κ3) is 5.63. The molecular formula is C68H40N4. The summed E-state index contributed by atoms with van der Waals surface area (Å²) < 4.78 is 4.93. The maximum absolute atomic E-state index is 5.42. The lowest BCUT2D eigenvalue weighted by molar-refractivity contribution is 1.17. The highest BCUT2D eigenvalue weighted by atomic mass is 15.0. The van der Waals surface area contributed by atoms with E-state index in [0.29, 0.717) is 0 Å². The van der Waals surface area contributed by atoms with Gasteiger partial charge >= 0.3 is 0 Å². The lowest BCUT2D eigenvalue weighted by atomic mass is 9.92. The zero-order valence-corrected chi connectivity index (χ0v) is 38.9. The molecule has 0 aliphatic rings. The van der Waals surface area contributed by atoms with E-state index in [2.05, 4.69) is 240 Å². The summed E-state index contributed by atoms with van der Waals surface area (Å²) >= 11 is 0. The summed E-state index contributed by atoms with van der Waals surface area (Å²) in [5.41, 5.74) is 12.5. The van der Waals surface area contributed by atoms with Crippen molar-refractivity contribution >= 4 is 119 Å². The normalized spacial score (nSPS) is 12.2. The van der Waals surface area contributed by atoms with Crippen LogP contribution in [0.4, 0.5) is 0 Å². The minimum atomic E-state index is 0.861. The van der Waals surface area contributed by atoms with Crippen LogP contribution in [0.1, 0.15) is 0 Å². The van der Waals surface area contributed by atoms with E-state index < -0.39 is 0 Å². The van der Waals surface area contributed by atoms with E-state index in [1.54, 1.807) is 0 Å². The summed E-state index contributed by atoms with van der Waals surface area (Å²) in [4.78, 5) is 10.8. The van der Waals surface area contributed by atoms with Crippen LogP contribution in [-0.4, -0.2) is 19.1 Å². The maximum Gasteiger partial charge on any atom is 0.0973 e. The van der Waals surface area contributed by atoms with Crippen LogP contribution in [0.15, 0.2) is 243 Å². The zero-order valence-electron chi connectivity index (χ0n) is 38.9. The lowest BCUT2D eigenvalue weighted by Gasteiger charge is -2.15. The minimum Gasteiger partial charge on any atom is -0.309 e. The molecule has 0 saturated carbocycles. The quantitative estimate of drug-likeness (QED) is 0.165. The third-order valence-corrected chi connectivity index (χ3v) is 15.4. The molecule has 0 N–H and O–H groups in total. The molecule has 13 aromatic carbocycles. The molecule has 0 amide bonds. The molecule has 16 rings (SSSR count). The molecule has 0 spiro atoms. The number of fused-ring (bicyclic) bond motifs is 17. The van der Waals surface area contributed by atoms with E-state index in [4.69, 9.17) is 9.97 Å². The fourth-order valence-corrected chi connectivity index (χ4v) is 12.2. The van der Waals surface area contributed by atoms with Crippen molar-refractivity contribution in [3.05, 3.63) is 243 Å². The van der Waals surface area contributed by atoms with Gasteiger partial charge in [0.05, 0.1) is 50.2 Å². The van der Waals surface area contributed by atoms with Gasteiger partial charge in [-0.1, -0.05) is 170 Å². The smallest absolute Gasteiger partial charge is 0.0973 e. The summed E-state index contributed by atoms with van der Waals surface area (Å²) in [6.45, 7) is 0. The Morgan fingerprint density at radius 1 is 0.250 bits per heavy atom. The number of hydrogen-bond acceptors (Lipinski definition) is 2. The first-order valence-electron chi connectivity index (χ1n) is 24.7. The van der Waals surface area contributed by atoms with Crippen molar-refractivity contribution in [2.75, 3.05) is 0 Å². The number of rotatable bonds is 4. The van der Waals surface area contributed by atoms with Crippen LogP contribution in [0.25, 0.3) is 153 Å². The highest BCUT2D eigenvalue weighted by Crippen LogP contribution is 2.43. The van der Waals surface area contributed by atoms with E-state index in [1.165, 1.54) is 92.0 Å². The van der Waals surface area contributed by atoms with Crippen molar-refractivity contribution < 1.29 is 0 Å². The van der Waals surface area contributed by atoms with Crippen LogP contribution in [0.5, 0.6) is 0 Å². The largest absolute Gasteiger partial charge is 0.309 e. The van der Waals surface area contributed by atoms with Crippen molar-refractivity contribution in [1.82, 2.24) is 19.1 Å². The number of para-hydroxylation sites is 3. The minimum absolute atomic E-state index is 0.861. The maximum atomic E-state index is 5.42. The Morgan fingerprint density at radius 3 is 1.51 bits per heavy atom. The average Bonchev–Trinajstić information content (AvgIpc) is 3.95. The SMILES string of the molecule is c1ccc2cc3c(cc2c1)c1cc(-n2c4ccccc4c4c5ccccc5ccc42)ccc1n3-c1cccc2cc(-c3nc4ccccc4nc3-c3ccc4c5ccccc5c5ccccc5c4c3)ccc12. The molecule has 3 heterocycles. The topological polar surface area (TPSA) is 35.6 Å². The van der Waals surface area contributed by atoms with Crippen LogP contribution >= 0.6 is 0 Å². The second kappa shape index (κ2) is 14.9. The van der Waals surface area contributed by atoms with Gasteiger partial charge in [-0.05, 0) is 132 Å². The van der Waals surface area contributed by atoms with Gasteiger partial charge in [-0.15, -0.1) is 0 Å². The van der Waals surface area contributed by atoms with Gasteiger partial charge in [0.15, 0.2) is 0 Å². The highest BCUT2D eigenvalue weighted by Gasteiger charge is 2.21. The molecule has 0 aliphatic heterocycles. The summed E-state index contributed by atoms with van der Waals surface area (Å²) in [5.74, 6) is 0. The zero-order chi connectivity index (χ0) is 47.0. The molecule has 16 aromatic rings. The highest BCUT2D eigenvalue weighted by molar-refractivity contribution is 6.26. The van der Waals surface area contributed by atoms with Gasteiger partial charge in [0.25, 0.3) is 0 Å². The first-order chi connectivity index (χ1) is 35.7. The summed E-state index contributed by atoms with van der Waals surface area (Å²) in [6.07, 6.45) is 0. The Bertz CT molecular complexity index is 4960. The van der Waals surface area contributed by atoms with E-state index in [1.807, 2.05) is 12.1 Å². The Morgan fingerprint density at radius 2 is 0.778 bits per heavy atom. The molecule has 4 heteroatoms. The molecule has 4 nitrogen and oxygen atoms in total. The van der Waals surface area contributed by atoms with E-state index in [-0.39, 0.29) is 0 Å². The monoisotopic (exact) mass is 912 g/mol. The Labute approximate surface area is 412 Å². The molecular weight excluding hydrogens is 873 g/mol. The van der Waals surface area contributed by atoms with Crippen molar-refractivity contribution in [2.24, 2.45) is 0 Å². The third-order valence-electron chi connectivity index (χ3n) is 15.4. The molecule has 0 saturated heterocycles. The van der Waals surface area contributed by atoms with Gasteiger partial charge < -0.3 is 9.13 Å². The predicted octanol–water partition coefficient (Wildman–Crippen LogP) is 18.1. The van der Waals surface area contributed by atoms with Crippen LogP contribution < -0.4 is 0 Å². The Balaban J connectivity index is 0.900. The van der Waals surface area contributed by atoms with Crippen LogP contribution in [0.3, 0.4) is 0 Å². The Kier molecular flexibility index (Phi) is 8.14. The van der Waals surface area contributed by atoms with Crippen molar-refractivity contribution in [1.29, 1.82) is 0 Å². The first kappa shape index (κ1) is 39.2. The lowest BCUT2D eigenvalue weighted by Crippen LogP contribution is -1.98. The van der Waals surface area contributed by atoms with Gasteiger partial charge in [-0.3, -0.25) is 0 Å². The van der Waals surface area contributed by atoms with Crippen molar-refractivity contribution in [2.45, 2.75) is 0 Å². The standard InChI is InChI=1S/C68H40N4/c1-2-16-43-39-65-57(37-42(43)15-1)58-40-47(71-62-26-12-9-23-55(62)66-49-18-4-3-14-41(49)30-34-64(66)71)31-35-63(58)72(65)61-27-13-17-44-36-45(28-32-48(44)61)67-68(70-60-25-11-10-24-59(60)69-67)46-29-33-54-52-21-6-5-19-50(52)51-20-7-8-22-53(51)56(54)38-46/h1-40H. The number of benzene rings is 13. The first-order valence-corrected chi connectivity index (χ1v) is 24.7. The van der Waals surface area contributed by atoms with Gasteiger partial charge in [-0.2, -0.15) is 0 Å². The van der Waals surface area contributed by atoms with Gasteiger partial charge in [0, 0.05) is 43.7 Å². The molecule has 0 aliphatic carbocycles. The van der Waals surface area contributed by atoms with E-state index >= 15 is 0 Å². The average molecular weight is 913 g/mol. The van der Waals surface area contributed by atoms with Crippen LogP contribution in [0, 0.1) is 0 Å². The fourth-order valence-electron chi connectivity index (χ4n) is 12.2. The van der Waals surface area contributed by atoms with Gasteiger partial charge in [0.2, 0.25) is 0 Å². The second-order valence-corrected chi connectivity index (χ2v) is 19.3. The Hall–Kier alpha value is -9.64. The van der Waals surface area contributed by atoms with Crippen molar-refractivity contribution in [3.63, 3.8) is 0 Å². The summed E-state index contributed by atoms with van der Waals surface area (Å²) in [5, 5.41) is 19.7. The number of aromatic nitrogens is 4. The molecule has 3 aromatic heterocycles. The van der Waals surface area contributed by atoms with Crippen LogP contribution in [-0.2, 0) is 0 Å². The number of hydrogen-bond donors (Lipinski definition) is 0. The summed E-state index contributed by atoms with van der Waals surface area (Å²) in [7, 11) is 0. The fraction of sp³-hybridized carbons (Fsp3) is 0. The molecule has 0 fully saturated rings. The molecule has 332 valence electrons. The summed E-state index contributed by atoms with van der Waals surface area (Å²) in [6, 6.07) is 88.7. The molecule has 0 unspecified atom stereocenters. The van der Waals surface area contributed by atoms with E-state index in [0.717, 1.165) is 61.2 Å². The van der Waals surface area contributed by atoms with Gasteiger partial charge in [0.1, 0.15) is 0 Å². The van der Waals surface area contributed by atoms with Crippen LogP contribution in [0.2, 0.25) is 0 Å². The van der Waals surface area contributed by atoms with Gasteiger partial charge in [-0.25, -0.2) is 9.97 Å². The number of nitrogens with zero attached hydrogens (tertiary/aromatic N) is 4. The predicted molar refractivity (Wildman–Crippen MR) is 304 cm³/mol. The molecule has 0 bridgehead atoms. The molecule has 0 radical (unpaired) electrons. The van der Waals surface area contributed by atoms with Crippen molar-refractivity contribution in [3.8, 4) is 33.9 Å². The molecule has 72 heavy (non-hydrogen) atoms. The second-order valence-electron chi connectivity index (χ2n) is 19.3. The molecule has 0 atom stereocenters.